The molecule has 0 bridgehead atoms. The van der Waals surface area contributed by atoms with Gasteiger partial charge in [0.05, 0.1) is 12.5 Å². The van der Waals surface area contributed by atoms with Gasteiger partial charge in [0.2, 0.25) is 0 Å². The highest BCUT2D eigenvalue weighted by atomic mass is 16.8. The molecule has 2 N–H and O–H groups in total. The van der Waals surface area contributed by atoms with Crippen LogP contribution in [-0.4, -0.2) is 26.9 Å². The van der Waals surface area contributed by atoms with Crippen LogP contribution in [0.4, 0.5) is 0 Å². The fourth-order valence-corrected chi connectivity index (χ4v) is 0.776. The first-order valence-electron chi connectivity index (χ1n) is 3.04. The quantitative estimate of drug-likeness (QED) is 0.551. The first-order chi connectivity index (χ1) is 5.08. The summed E-state index contributed by atoms with van der Waals surface area (Å²) in [4.78, 5) is 3.70. The van der Waals surface area contributed by atoms with Crippen molar-refractivity contribution in [1.29, 1.82) is 0 Å². The Morgan fingerprint density at radius 3 is 2.64 bits per heavy atom. The Bertz CT molecular complexity index is 244. The van der Waals surface area contributed by atoms with E-state index in [-0.39, 0.29) is 5.69 Å². The molecule has 0 aliphatic carbocycles. The fraction of sp³-hybridized carbons (Fsp3) is 0.500. The average molecular weight is 158 g/mol. The molecular weight excluding hydrogens is 148 g/mol. The number of nitrogens with zero attached hydrogens (tertiary/aromatic N) is 2. The zero-order chi connectivity index (χ0) is 8.48. The molecule has 1 rings (SSSR count). The molecule has 1 heterocycles. The van der Waals surface area contributed by atoms with Crippen molar-refractivity contribution in [1.82, 2.24) is 9.55 Å². The van der Waals surface area contributed by atoms with Gasteiger partial charge in [0, 0.05) is 14.2 Å². The van der Waals surface area contributed by atoms with Crippen LogP contribution in [0.25, 0.3) is 0 Å². The van der Waals surface area contributed by atoms with Crippen LogP contribution >= 0.6 is 0 Å². The van der Waals surface area contributed by atoms with Gasteiger partial charge in [-0.3, -0.25) is 0 Å². The SMILES string of the molecule is COC(O)(O)c1cncn1C. The largest absolute Gasteiger partial charge is 0.338 e. The molecule has 1 aromatic rings. The van der Waals surface area contributed by atoms with Gasteiger partial charge >= 0.3 is 5.97 Å². The predicted octanol–water partition coefficient (Wildman–Crippen LogP) is -0.839. The number of aliphatic hydroxyl groups is 2. The van der Waals surface area contributed by atoms with Gasteiger partial charge in [-0.1, -0.05) is 0 Å². The third kappa shape index (κ3) is 1.40. The van der Waals surface area contributed by atoms with E-state index in [0.29, 0.717) is 0 Å². The van der Waals surface area contributed by atoms with E-state index in [1.54, 1.807) is 7.05 Å². The fourth-order valence-electron chi connectivity index (χ4n) is 0.776. The summed E-state index contributed by atoms with van der Waals surface area (Å²) >= 11 is 0. The van der Waals surface area contributed by atoms with Crippen molar-refractivity contribution in [3.05, 3.63) is 18.2 Å². The van der Waals surface area contributed by atoms with E-state index in [9.17, 15) is 0 Å². The minimum absolute atomic E-state index is 0.194. The molecule has 1 aromatic heterocycles. The number of methoxy groups -OCH3 is 1. The molecule has 0 radical (unpaired) electrons. The summed E-state index contributed by atoms with van der Waals surface area (Å²) in [5, 5.41) is 18.3. The second-order valence-corrected chi connectivity index (χ2v) is 2.20. The summed E-state index contributed by atoms with van der Waals surface area (Å²) in [5.74, 6) is -2.24. The van der Waals surface area contributed by atoms with Crippen LogP contribution in [0.15, 0.2) is 12.5 Å². The standard InChI is InChI=1S/C6H10N2O3/c1-8-4-7-3-5(8)6(9,10)11-2/h3-4,9-10H,1-2H3. The third-order valence-electron chi connectivity index (χ3n) is 1.43. The maximum absolute atomic E-state index is 9.14. The van der Waals surface area contributed by atoms with Gasteiger partial charge < -0.3 is 19.5 Å². The molecule has 0 amide bonds. The molecular formula is C6H10N2O3. The van der Waals surface area contributed by atoms with Crippen LogP contribution in [0.1, 0.15) is 5.69 Å². The van der Waals surface area contributed by atoms with Crippen molar-refractivity contribution in [2.75, 3.05) is 7.11 Å². The highest BCUT2D eigenvalue weighted by Gasteiger charge is 2.28. The lowest BCUT2D eigenvalue weighted by atomic mass is 10.4. The van der Waals surface area contributed by atoms with E-state index in [4.69, 9.17) is 10.2 Å². The molecule has 0 aliphatic heterocycles. The second kappa shape index (κ2) is 2.61. The molecule has 0 unspecified atom stereocenters. The number of aromatic nitrogens is 2. The van der Waals surface area contributed by atoms with Gasteiger partial charge in [-0.2, -0.15) is 0 Å². The van der Waals surface area contributed by atoms with E-state index < -0.39 is 5.97 Å². The average Bonchev–Trinajstić information content (AvgIpc) is 2.36. The van der Waals surface area contributed by atoms with Crippen LogP contribution in [0.5, 0.6) is 0 Å². The van der Waals surface area contributed by atoms with E-state index in [1.165, 1.54) is 24.2 Å². The minimum Gasteiger partial charge on any atom is -0.338 e. The summed E-state index contributed by atoms with van der Waals surface area (Å²) in [6, 6.07) is 0. The number of hydrogen-bond donors (Lipinski definition) is 2. The van der Waals surface area contributed by atoms with Gasteiger partial charge in [0.1, 0.15) is 5.69 Å². The maximum Gasteiger partial charge on any atom is 0.324 e. The van der Waals surface area contributed by atoms with E-state index in [1.807, 2.05) is 0 Å². The van der Waals surface area contributed by atoms with E-state index >= 15 is 0 Å². The van der Waals surface area contributed by atoms with Gasteiger partial charge in [0.15, 0.2) is 0 Å². The summed E-state index contributed by atoms with van der Waals surface area (Å²) in [6.07, 6.45) is 2.78. The number of ether oxygens (including phenoxy) is 1. The first kappa shape index (κ1) is 8.19. The summed E-state index contributed by atoms with van der Waals surface area (Å²) in [7, 11) is 2.84. The van der Waals surface area contributed by atoms with Gasteiger partial charge in [-0.15, -0.1) is 0 Å². The Labute approximate surface area is 63.9 Å². The van der Waals surface area contributed by atoms with Crippen LogP contribution in [-0.2, 0) is 17.8 Å². The Balaban J connectivity index is 3.00. The summed E-state index contributed by atoms with van der Waals surface area (Å²) in [6.45, 7) is 0. The number of aryl methyl sites for hydroxylation is 1. The normalized spacial score (nSPS) is 12.0. The Hall–Kier alpha value is -0.910. The van der Waals surface area contributed by atoms with Gasteiger partial charge in [-0.25, -0.2) is 4.98 Å². The van der Waals surface area contributed by atoms with Crippen molar-refractivity contribution in [3.8, 4) is 0 Å². The smallest absolute Gasteiger partial charge is 0.324 e. The lowest BCUT2D eigenvalue weighted by molar-refractivity contribution is -0.341. The lowest BCUT2D eigenvalue weighted by Crippen LogP contribution is -2.29. The van der Waals surface area contributed by atoms with E-state index in [0.717, 1.165) is 0 Å². The second-order valence-electron chi connectivity index (χ2n) is 2.20. The zero-order valence-electron chi connectivity index (χ0n) is 6.35. The van der Waals surface area contributed by atoms with Crippen LogP contribution < -0.4 is 0 Å². The van der Waals surface area contributed by atoms with Crippen molar-refractivity contribution >= 4 is 0 Å². The Morgan fingerprint density at radius 1 is 1.64 bits per heavy atom. The summed E-state index contributed by atoms with van der Waals surface area (Å²) in [5.41, 5.74) is 0.194. The molecule has 62 valence electrons. The van der Waals surface area contributed by atoms with Gasteiger partial charge in [-0.05, 0) is 0 Å². The molecule has 0 spiro atoms. The number of rotatable bonds is 2. The molecule has 0 aliphatic rings. The molecule has 5 nitrogen and oxygen atoms in total. The van der Waals surface area contributed by atoms with Crippen LogP contribution in [0, 0.1) is 0 Å². The third-order valence-corrected chi connectivity index (χ3v) is 1.43. The number of hydrogen-bond acceptors (Lipinski definition) is 4. The molecule has 0 saturated carbocycles. The van der Waals surface area contributed by atoms with Crippen molar-refractivity contribution in [3.63, 3.8) is 0 Å². The van der Waals surface area contributed by atoms with E-state index in [2.05, 4.69) is 9.72 Å². The summed E-state index contributed by atoms with van der Waals surface area (Å²) < 4.78 is 5.87. The van der Waals surface area contributed by atoms with Gasteiger partial charge in [0.25, 0.3) is 0 Å². The molecule has 0 atom stereocenters. The molecule has 0 aromatic carbocycles. The lowest BCUT2D eigenvalue weighted by Gasteiger charge is -2.18. The van der Waals surface area contributed by atoms with Crippen molar-refractivity contribution in [2.45, 2.75) is 5.97 Å². The molecule has 0 saturated heterocycles. The zero-order valence-corrected chi connectivity index (χ0v) is 6.35. The Kier molecular flexibility index (Phi) is 1.95. The van der Waals surface area contributed by atoms with Crippen LogP contribution in [0.3, 0.4) is 0 Å². The molecule has 0 fully saturated rings. The van der Waals surface area contributed by atoms with Crippen LogP contribution in [0.2, 0.25) is 0 Å². The molecule has 11 heavy (non-hydrogen) atoms. The first-order valence-corrected chi connectivity index (χ1v) is 3.04. The minimum atomic E-state index is -2.24. The predicted molar refractivity (Wildman–Crippen MR) is 36.3 cm³/mol. The molecule has 5 heteroatoms. The Morgan fingerprint density at radius 2 is 2.27 bits per heavy atom. The monoisotopic (exact) mass is 158 g/mol. The van der Waals surface area contributed by atoms with Crippen molar-refractivity contribution in [2.24, 2.45) is 7.05 Å². The topological polar surface area (TPSA) is 67.5 Å². The highest BCUT2D eigenvalue weighted by molar-refractivity contribution is 5.01. The van der Waals surface area contributed by atoms with Crippen molar-refractivity contribution < 1.29 is 14.9 Å². The highest BCUT2D eigenvalue weighted by Crippen LogP contribution is 2.16. The maximum atomic E-state index is 9.14. The number of imidazole rings is 1.